The fourth-order valence-electron chi connectivity index (χ4n) is 4.79. The van der Waals surface area contributed by atoms with Gasteiger partial charge in [0.15, 0.2) is 0 Å². The molecule has 0 fully saturated rings. The van der Waals surface area contributed by atoms with E-state index >= 15 is 0 Å². The smallest absolute Gasteiger partial charge is 0.344 e. The zero-order valence-corrected chi connectivity index (χ0v) is 15.6. The number of oxazole rings is 1. The maximum absolute atomic E-state index is 6.30. The Hall–Kier alpha value is -2.29. The van der Waals surface area contributed by atoms with Gasteiger partial charge in [0.05, 0.1) is 18.6 Å². The lowest BCUT2D eigenvalue weighted by atomic mass is 9.71. The zero-order valence-electron chi connectivity index (χ0n) is 15.6. The van der Waals surface area contributed by atoms with E-state index in [4.69, 9.17) is 8.83 Å². The minimum atomic E-state index is 0.214. The summed E-state index contributed by atoms with van der Waals surface area (Å²) in [5.41, 5.74) is 7.45. The summed E-state index contributed by atoms with van der Waals surface area (Å²) in [6.07, 6.45) is 5.44. The Kier molecular flexibility index (Phi) is 2.80. The van der Waals surface area contributed by atoms with Gasteiger partial charge in [0.25, 0.3) is 5.52 Å². The van der Waals surface area contributed by atoms with Crippen molar-refractivity contribution in [3.63, 3.8) is 0 Å². The standard InChI is InChI=1S/C22H24NO2/c1-12-11-24-20-15-8-9-16-14(7-6-10-22(16,3)4)18(15)21-19(17(12)20)23(5)13(2)25-21/h8-9,11H,6-7,10H2,1-5H3/q+1. The summed E-state index contributed by atoms with van der Waals surface area (Å²) in [5, 5.41) is 3.61. The molecule has 25 heavy (non-hydrogen) atoms. The first kappa shape index (κ1) is 15.0. The van der Waals surface area contributed by atoms with Crippen molar-refractivity contribution < 1.29 is 13.4 Å². The molecule has 0 aliphatic heterocycles. The Morgan fingerprint density at radius 1 is 1.08 bits per heavy atom. The Labute approximate surface area is 147 Å². The molecule has 0 amide bonds. The van der Waals surface area contributed by atoms with Gasteiger partial charge >= 0.3 is 5.89 Å². The highest BCUT2D eigenvalue weighted by Gasteiger charge is 2.32. The number of benzene rings is 2. The van der Waals surface area contributed by atoms with Gasteiger partial charge in [0.2, 0.25) is 5.58 Å². The van der Waals surface area contributed by atoms with Gasteiger partial charge in [-0.3, -0.25) is 0 Å². The molecule has 0 saturated carbocycles. The summed E-state index contributed by atoms with van der Waals surface area (Å²) in [7, 11) is 2.08. The zero-order chi connectivity index (χ0) is 17.5. The van der Waals surface area contributed by atoms with Crippen LogP contribution in [0.4, 0.5) is 0 Å². The number of aromatic nitrogens is 1. The Bertz CT molecular complexity index is 1170. The quantitative estimate of drug-likeness (QED) is 0.404. The van der Waals surface area contributed by atoms with E-state index in [1.165, 1.54) is 40.1 Å². The average molecular weight is 334 g/mol. The summed E-state index contributed by atoms with van der Waals surface area (Å²) in [5.74, 6) is 0.928. The second kappa shape index (κ2) is 4.66. The normalized spacial score (nSPS) is 16.8. The van der Waals surface area contributed by atoms with Crippen LogP contribution in [-0.2, 0) is 18.9 Å². The van der Waals surface area contributed by atoms with Crippen molar-refractivity contribution in [2.75, 3.05) is 0 Å². The summed E-state index contributed by atoms with van der Waals surface area (Å²) in [4.78, 5) is 0. The summed E-state index contributed by atoms with van der Waals surface area (Å²) in [6, 6.07) is 4.56. The maximum Gasteiger partial charge on any atom is 0.344 e. The molecule has 0 bridgehead atoms. The Morgan fingerprint density at radius 2 is 1.88 bits per heavy atom. The van der Waals surface area contributed by atoms with Gasteiger partial charge in [-0.1, -0.05) is 26.0 Å². The molecule has 0 N–H and O–H groups in total. The lowest BCUT2D eigenvalue weighted by molar-refractivity contribution is -0.656. The maximum atomic E-state index is 6.30. The predicted molar refractivity (Wildman–Crippen MR) is 100 cm³/mol. The molecular weight excluding hydrogens is 310 g/mol. The molecule has 0 atom stereocenters. The van der Waals surface area contributed by atoms with Crippen molar-refractivity contribution in [2.24, 2.45) is 7.05 Å². The van der Waals surface area contributed by atoms with Crippen LogP contribution in [-0.4, -0.2) is 0 Å². The molecule has 3 heteroatoms. The molecule has 5 rings (SSSR count). The lowest BCUT2D eigenvalue weighted by Gasteiger charge is -2.33. The molecule has 2 aromatic heterocycles. The molecule has 4 aromatic rings. The Balaban J connectivity index is 2.11. The fraction of sp³-hybridized carbons (Fsp3) is 0.409. The van der Waals surface area contributed by atoms with E-state index in [-0.39, 0.29) is 5.41 Å². The molecule has 2 heterocycles. The van der Waals surface area contributed by atoms with Crippen LogP contribution < -0.4 is 4.57 Å². The van der Waals surface area contributed by atoms with Gasteiger partial charge < -0.3 is 8.83 Å². The minimum Gasteiger partial charge on any atom is -0.463 e. The van der Waals surface area contributed by atoms with Crippen LogP contribution in [0, 0.1) is 13.8 Å². The average Bonchev–Trinajstić information content (AvgIpc) is 3.08. The topological polar surface area (TPSA) is 30.2 Å². The van der Waals surface area contributed by atoms with E-state index < -0.39 is 0 Å². The van der Waals surface area contributed by atoms with Gasteiger partial charge in [-0.05, 0) is 42.7 Å². The third kappa shape index (κ3) is 1.79. The Morgan fingerprint density at radius 3 is 2.68 bits per heavy atom. The highest BCUT2D eigenvalue weighted by atomic mass is 16.4. The monoisotopic (exact) mass is 334 g/mol. The largest absolute Gasteiger partial charge is 0.463 e. The van der Waals surface area contributed by atoms with E-state index in [0.717, 1.165) is 34.6 Å². The second-order valence-corrected chi connectivity index (χ2v) is 8.23. The number of nitrogens with zero attached hydrogens (tertiary/aromatic N) is 1. The van der Waals surface area contributed by atoms with Crippen molar-refractivity contribution in [1.29, 1.82) is 0 Å². The number of aryl methyl sites for hydroxylation is 4. The van der Waals surface area contributed by atoms with E-state index in [9.17, 15) is 0 Å². The van der Waals surface area contributed by atoms with E-state index in [0.29, 0.717) is 0 Å². The summed E-state index contributed by atoms with van der Waals surface area (Å²) < 4.78 is 14.5. The van der Waals surface area contributed by atoms with Crippen LogP contribution >= 0.6 is 0 Å². The highest BCUT2D eigenvalue weighted by Crippen LogP contribution is 2.45. The highest BCUT2D eigenvalue weighted by molar-refractivity contribution is 6.21. The SMILES string of the molecule is Cc1coc2c3ccc4c(c3c3oc(C)[n+](C)c3c12)CCCC4(C)C. The van der Waals surface area contributed by atoms with Crippen molar-refractivity contribution in [2.45, 2.75) is 52.4 Å². The molecule has 0 unspecified atom stereocenters. The number of hydrogen-bond donors (Lipinski definition) is 0. The molecule has 1 aliphatic carbocycles. The van der Waals surface area contributed by atoms with Crippen molar-refractivity contribution in [3.05, 3.63) is 41.0 Å². The molecule has 128 valence electrons. The van der Waals surface area contributed by atoms with Crippen LogP contribution in [0.3, 0.4) is 0 Å². The first-order chi connectivity index (χ1) is 11.9. The van der Waals surface area contributed by atoms with Crippen LogP contribution in [0.1, 0.15) is 49.3 Å². The van der Waals surface area contributed by atoms with Crippen molar-refractivity contribution >= 4 is 32.8 Å². The fourth-order valence-corrected chi connectivity index (χ4v) is 4.79. The molecular formula is C22H24NO2+. The minimum absolute atomic E-state index is 0.214. The number of fused-ring (bicyclic) bond motifs is 8. The number of furan rings is 1. The van der Waals surface area contributed by atoms with E-state index in [1.54, 1.807) is 0 Å². The number of hydrogen-bond acceptors (Lipinski definition) is 2. The van der Waals surface area contributed by atoms with Crippen LogP contribution in [0.25, 0.3) is 32.8 Å². The van der Waals surface area contributed by atoms with Gasteiger partial charge in [-0.2, -0.15) is 4.57 Å². The molecule has 0 saturated heterocycles. The van der Waals surface area contributed by atoms with Crippen LogP contribution in [0.15, 0.2) is 27.2 Å². The van der Waals surface area contributed by atoms with Gasteiger partial charge in [-0.15, -0.1) is 0 Å². The third-order valence-electron chi connectivity index (χ3n) is 6.23. The van der Waals surface area contributed by atoms with E-state index in [2.05, 4.69) is 44.5 Å². The second-order valence-electron chi connectivity index (χ2n) is 8.23. The molecule has 0 radical (unpaired) electrons. The van der Waals surface area contributed by atoms with Gasteiger partial charge in [-0.25, -0.2) is 0 Å². The van der Waals surface area contributed by atoms with Crippen molar-refractivity contribution in [3.8, 4) is 0 Å². The number of rotatable bonds is 0. The van der Waals surface area contributed by atoms with Gasteiger partial charge in [0.1, 0.15) is 12.6 Å². The molecule has 3 nitrogen and oxygen atoms in total. The van der Waals surface area contributed by atoms with Gasteiger partial charge in [0, 0.05) is 16.3 Å². The first-order valence-corrected chi connectivity index (χ1v) is 9.15. The molecule has 0 spiro atoms. The molecule has 2 aromatic carbocycles. The lowest BCUT2D eigenvalue weighted by Crippen LogP contribution is -2.29. The predicted octanol–water partition coefficient (Wildman–Crippen LogP) is 5.39. The van der Waals surface area contributed by atoms with Crippen LogP contribution in [0.5, 0.6) is 0 Å². The first-order valence-electron chi connectivity index (χ1n) is 9.15. The van der Waals surface area contributed by atoms with Crippen LogP contribution in [0.2, 0.25) is 0 Å². The summed E-state index contributed by atoms with van der Waals surface area (Å²) in [6.45, 7) is 8.86. The molecule has 1 aliphatic rings. The van der Waals surface area contributed by atoms with Crippen molar-refractivity contribution in [1.82, 2.24) is 0 Å². The van der Waals surface area contributed by atoms with E-state index in [1.807, 2.05) is 13.2 Å². The third-order valence-corrected chi connectivity index (χ3v) is 6.23. The summed E-state index contributed by atoms with van der Waals surface area (Å²) >= 11 is 0.